The molecule has 2 heterocycles. The Balaban J connectivity index is 1.37. The highest BCUT2D eigenvalue weighted by atomic mass is 32.2. The first-order chi connectivity index (χ1) is 15.9. The highest BCUT2D eigenvalue weighted by molar-refractivity contribution is 7.99. The van der Waals surface area contributed by atoms with Crippen molar-refractivity contribution in [2.24, 2.45) is 0 Å². The van der Waals surface area contributed by atoms with Crippen molar-refractivity contribution in [1.29, 1.82) is 0 Å². The summed E-state index contributed by atoms with van der Waals surface area (Å²) in [6, 6.07) is 12.8. The highest BCUT2D eigenvalue weighted by Gasteiger charge is 2.30. The second-order valence-electron chi connectivity index (χ2n) is 7.56. The number of aromatic nitrogens is 2. The Bertz CT molecular complexity index is 1240. The Morgan fingerprint density at radius 1 is 1.12 bits per heavy atom. The molecule has 8 nitrogen and oxygen atoms in total. The van der Waals surface area contributed by atoms with Gasteiger partial charge in [0.15, 0.2) is 5.16 Å². The van der Waals surface area contributed by atoms with Crippen LogP contribution in [0.5, 0.6) is 0 Å². The van der Waals surface area contributed by atoms with Crippen LogP contribution in [0.15, 0.2) is 58.6 Å². The van der Waals surface area contributed by atoms with Gasteiger partial charge >= 0.3 is 0 Å². The van der Waals surface area contributed by atoms with Gasteiger partial charge in [-0.3, -0.25) is 4.79 Å². The van der Waals surface area contributed by atoms with Crippen LogP contribution in [0.4, 0.5) is 4.39 Å². The number of imidazole rings is 1. The van der Waals surface area contributed by atoms with Gasteiger partial charge in [-0.15, -0.1) is 0 Å². The zero-order valence-corrected chi connectivity index (χ0v) is 19.8. The van der Waals surface area contributed by atoms with Gasteiger partial charge in [-0.25, -0.2) is 17.8 Å². The molecule has 33 heavy (non-hydrogen) atoms. The number of carbonyl (C=O) groups excluding carboxylic acids is 1. The first kappa shape index (κ1) is 23.7. The van der Waals surface area contributed by atoms with Crippen LogP contribution in [0.25, 0.3) is 11.0 Å². The van der Waals surface area contributed by atoms with Gasteiger partial charge in [0.2, 0.25) is 15.9 Å². The normalized spacial score (nSPS) is 15.3. The largest absolute Gasteiger partial charge is 0.383 e. The number of benzene rings is 2. The Labute approximate surface area is 196 Å². The molecule has 0 N–H and O–H groups in total. The summed E-state index contributed by atoms with van der Waals surface area (Å²) in [4.78, 5) is 19.0. The summed E-state index contributed by atoms with van der Waals surface area (Å²) in [5.74, 6) is -0.473. The Kier molecular flexibility index (Phi) is 7.32. The van der Waals surface area contributed by atoms with Crippen LogP contribution < -0.4 is 0 Å². The average Bonchev–Trinajstić information content (AvgIpc) is 3.18. The van der Waals surface area contributed by atoms with Crippen LogP contribution in [-0.2, 0) is 26.1 Å². The topological polar surface area (TPSA) is 84.7 Å². The number of halogens is 1. The van der Waals surface area contributed by atoms with E-state index in [1.54, 1.807) is 12.0 Å². The van der Waals surface area contributed by atoms with Crippen LogP contribution in [0.1, 0.15) is 0 Å². The minimum Gasteiger partial charge on any atom is -0.383 e. The number of thioether (sulfide) groups is 1. The van der Waals surface area contributed by atoms with Gasteiger partial charge < -0.3 is 14.2 Å². The molecule has 1 fully saturated rings. The van der Waals surface area contributed by atoms with E-state index in [9.17, 15) is 17.6 Å². The van der Waals surface area contributed by atoms with Crippen LogP contribution in [0.3, 0.4) is 0 Å². The SMILES string of the molecule is COCCn1c(SCC(=O)N2CCN(S(=O)(=O)c3cccc(F)c3)CC2)nc2ccccc21. The van der Waals surface area contributed by atoms with Crippen molar-refractivity contribution in [3.8, 4) is 0 Å². The maximum Gasteiger partial charge on any atom is 0.243 e. The fourth-order valence-corrected chi connectivity index (χ4v) is 6.13. The monoisotopic (exact) mass is 492 g/mol. The summed E-state index contributed by atoms with van der Waals surface area (Å²) in [7, 11) is -2.15. The van der Waals surface area contributed by atoms with Crippen molar-refractivity contribution in [1.82, 2.24) is 18.8 Å². The summed E-state index contributed by atoms with van der Waals surface area (Å²) in [6.45, 7) is 2.07. The second-order valence-corrected chi connectivity index (χ2v) is 10.4. The van der Waals surface area contributed by atoms with E-state index in [1.807, 2.05) is 28.8 Å². The first-order valence-electron chi connectivity index (χ1n) is 10.5. The third-order valence-corrected chi connectivity index (χ3v) is 8.34. The Morgan fingerprint density at radius 3 is 2.61 bits per heavy atom. The fourth-order valence-electron chi connectivity index (χ4n) is 3.73. The first-order valence-corrected chi connectivity index (χ1v) is 12.9. The smallest absolute Gasteiger partial charge is 0.243 e. The molecule has 0 aliphatic carbocycles. The molecular weight excluding hydrogens is 467 g/mol. The van der Waals surface area contributed by atoms with Crippen LogP contribution in [-0.4, -0.2) is 78.7 Å². The minimum absolute atomic E-state index is 0.0758. The fraction of sp³-hybridized carbons (Fsp3) is 0.364. The third-order valence-electron chi connectivity index (χ3n) is 5.49. The van der Waals surface area contributed by atoms with Gasteiger partial charge in [-0.1, -0.05) is 30.0 Å². The van der Waals surface area contributed by atoms with Crippen molar-refractivity contribution < 1.29 is 22.3 Å². The van der Waals surface area contributed by atoms with E-state index in [0.717, 1.165) is 22.3 Å². The molecule has 11 heteroatoms. The number of piperazine rings is 1. The average molecular weight is 493 g/mol. The molecule has 0 bridgehead atoms. The molecule has 1 aliphatic heterocycles. The van der Waals surface area contributed by atoms with Gasteiger partial charge in [-0.05, 0) is 30.3 Å². The van der Waals surface area contributed by atoms with Crippen LogP contribution in [0.2, 0.25) is 0 Å². The highest BCUT2D eigenvalue weighted by Crippen LogP contribution is 2.25. The van der Waals surface area contributed by atoms with Crippen molar-refractivity contribution >= 4 is 38.7 Å². The third kappa shape index (κ3) is 5.21. The van der Waals surface area contributed by atoms with Crippen molar-refractivity contribution in [3.63, 3.8) is 0 Å². The molecule has 2 aromatic carbocycles. The number of hydrogen-bond donors (Lipinski definition) is 0. The Hall–Kier alpha value is -2.47. The molecule has 0 radical (unpaired) electrons. The molecule has 0 saturated carbocycles. The van der Waals surface area contributed by atoms with Gasteiger partial charge in [0, 0.05) is 39.8 Å². The summed E-state index contributed by atoms with van der Waals surface area (Å²) < 4.78 is 47.5. The number of para-hydroxylation sites is 2. The van der Waals surface area contributed by atoms with E-state index >= 15 is 0 Å². The molecule has 0 atom stereocenters. The predicted molar refractivity (Wildman–Crippen MR) is 124 cm³/mol. The molecule has 3 aromatic rings. The number of amides is 1. The molecule has 176 valence electrons. The lowest BCUT2D eigenvalue weighted by Crippen LogP contribution is -2.51. The Morgan fingerprint density at radius 2 is 1.88 bits per heavy atom. The molecule has 1 aromatic heterocycles. The summed E-state index contributed by atoms with van der Waals surface area (Å²) >= 11 is 1.36. The lowest BCUT2D eigenvalue weighted by atomic mass is 10.3. The van der Waals surface area contributed by atoms with E-state index in [1.165, 1.54) is 34.3 Å². The number of methoxy groups -OCH3 is 1. The number of sulfonamides is 1. The predicted octanol–water partition coefficient (Wildman–Crippen LogP) is 2.45. The van der Waals surface area contributed by atoms with Gasteiger partial charge in [0.1, 0.15) is 5.82 Å². The maximum absolute atomic E-state index is 13.5. The van der Waals surface area contributed by atoms with Crippen molar-refractivity contribution in [3.05, 3.63) is 54.3 Å². The quantitative estimate of drug-likeness (QED) is 0.449. The van der Waals surface area contributed by atoms with Crippen LogP contribution in [0, 0.1) is 5.82 Å². The molecule has 1 amide bonds. The number of nitrogens with zero attached hydrogens (tertiary/aromatic N) is 4. The van der Waals surface area contributed by atoms with Gasteiger partial charge in [-0.2, -0.15) is 4.31 Å². The zero-order valence-electron chi connectivity index (χ0n) is 18.2. The van der Waals surface area contributed by atoms with E-state index in [2.05, 4.69) is 4.98 Å². The molecule has 0 spiro atoms. The number of carbonyl (C=O) groups is 1. The number of hydrogen-bond acceptors (Lipinski definition) is 6. The lowest BCUT2D eigenvalue weighted by Gasteiger charge is -2.34. The molecule has 1 saturated heterocycles. The molecular formula is C22H25FN4O4S2. The standard InChI is InChI=1S/C22H25FN4O4S2/c1-31-14-13-27-20-8-3-2-7-19(20)24-22(27)32-16-21(28)25-9-11-26(12-10-25)33(29,30)18-6-4-5-17(23)15-18/h2-8,15H,9-14,16H2,1H3. The van der Waals surface area contributed by atoms with Crippen LogP contribution >= 0.6 is 11.8 Å². The van der Waals surface area contributed by atoms with E-state index in [4.69, 9.17) is 4.74 Å². The minimum atomic E-state index is -3.79. The van der Waals surface area contributed by atoms with E-state index in [-0.39, 0.29) is 42.7 Å². The zero-order chi connectivity index (χ0) is 23.4. The van der Waals surface area contributed by atoms with Gasteiger partial charge in [0.25, 0.3) is 0 Å². The van der Waals surface area contributed by atoms with Gasteiger partial charge in [0.05, 0.1) is 28.3 Å². The summed E-state index contributed by atoms with van der Waals surface area (Å²) in [5, 5.41) is 0.744. The van der Waals surface area contributed by atoms with Crippen molar-refractivity contribution in [2.75, 3.05) is 45.6 Å². The van der Waals surface area contributed by atoms with E-state index in [0.29, 0.717) is 13.2 Å². The summed E-state index contributed by atoms with van der Waals surface area (Å²) in [6.07, 6.45) is 0. The molecule has 0 unspecified atom stereocenters. The molecule has 1 aliphatic rings. The molecule has 4 rings (SSSR count). The number of ether oxygens (including phenoxy) is 1. The lowest BCUT2D eigenvalue weighted by molar-refractivity contribution is -0.129. The van der Waals surface area contributed by atoms with Crippen molar-refractivity contribution in [2.45, 2.75) is 16.6 Å². The maximum atomic E-state index is 13.5. The second kappa shape index (κ2) is 10.2. The number of rotatable bonds is 8. The van der Waals surface area contributed by atoms with E-state index < -0.39 is 15.8 Å². The number of fused-ring (bicyclic) bond motifs is 1. The summed E-state index contributed by atoms with van der Waals surface area (Å²) in [5.41, 5.74) is 1.85.